The Bertz CT molecular complexity index is 511. The molecule has 2 nitrogen and oxygen atoms in total. The summed E-state index contributed by atoms with van der Waals surface area (Å²) in [6, 6.07) is 8.93. The zero-order chi connectivity index (χ0) is 13.5. The first-order valence-electron chi connectivity index (χ1n) is 6.71. The highest BCUT2D eigenvalue weighted by molar-refractivity contribution is 5.64. The lowest BCUT2D eigenvalue weighted by Gasteiger charge is -2.08. The Morgan fingerprint density at radius 2 is 1.95 bits per heavy atom. The molecule has 19 heavy (non-hydrogen) atoms. The van der Waals surface area contributed by atoms with Gasteiger partial charge in [0.2, 0.25) is 0 Å². The standard InChI is InChI=1S/C16H19FN2/c1-2-3-8-19-12-13-4-5-16(17)15(11-13)14-6-9-18-10-7-14/h4-7,9-11,19H,2-3,8,12H2,1H3. The van der Waals surface area contributed by atoms with Crippen LogP contribution in [0.4, 0.5) is 4.39 Å². The molecule has 0 spiro atoms. The number of nitrogens with zero attached hydrogens (tertiary/aromatic N) is 1. The van der Waals surface area contributed by atoms with E-state index in [9.17, 15) is 4.39 Å². The largest absolute Gasteiger partial charge is 0.313 e. The number of aromatic nitrogens is 1. The molecule has 1 N–H and O–H groups in total. The quantitative estimate of drug-likeness (QED) is 0.798. The van der Waals surface area contributed by atoms with Crippen LogP contribution in [0.5, 0.6) is 0 Å². The zero-order valence-corrected chi connectivity index (χ0v) is 11.2. The van der Waals surface area contributed by atoms with Crippen molar-refractivity contribution in [2.75, 3.05) is 6.54 Å². The van der Waals surface area contributed by atoms with Gasteiger partial charge in [0.05, 0.1) is 0 Å². The maximum absolute atomic E-state index is 13.9. The maximum Gasteiger partial charge on any atom is 0.131 e. The molecule has 1 aromatic heterocycles. The van der Waals surface area contributed by atoms with Gasteiger partial charge in [-0.3, -0.25) is 4.98 Å². The smallest absolute Gasteiger partial charge is 0.131 e. The lowest BCUT2D eigenvalue weighted by molar-refractivity contribution is 0.624. The molecular weight excluding hydrogens is 239 g/mol. The molecule has 0 bridgehead atoms. The average molecular weight is 258 g/mol. The minimum absolute atomic E-state index is 0.191. The van der Waals surface area contributed by atoms with Crippen molar-refractivity contribution in [1.29, 1.82) is 0 Å². The molecule has 2 aromatic rings. The van der Waals surface area contributed by atoms with Crippen LogP contribution in [0.1, 0.15) is 25.3 Å². The molecule has 0 atom stereocenters. The summed E-state index contributed by atoms with van der Waals surface area (Å²) in [5.41, 5.74) is 2.60. The van der Waals surface area contributed by atoms with Crippen molar-refractivity contribution in [1.82, 2.24) is 10.3 Å². The SMILES string of the molecule is CCCCNCc1ccc(F)c(-c2ccncc2)c1. The highest BCUT2D eigenvalue weighted by Crippen LogP contribution is 2.23. The second-order valence-corrected chi connectivity index (χ2v) is 4.58. The number of nitrogens with one attached hydrogen (secondary N) is 1. The van der Waals surface area contributed by atoms with Crippen molar-refractivity contribution >= 4 is 0 Å². The number of unbranched alkanes of at least 4 members (excludes halogenated alkanes) is 1. The number of halogens is 1. The Labute approximate surface area is 113 Å². The summed E-state index contributed by atoms with van der Waals surface area (Å²) in [6.45, 7) is 3.94. The Kier molecular flexibility index (Phi) is 5.04. The van der Waals surface area contributed by atoms with Crippen LogP contribution in [0.3, 0.4) is 0 Å². The van der Waals surface area contributed by atoms with Crippen LogP contribution >= 0.6 is 0 Å². The third-order valence-corrected chi connectivity index (χ3v) is 3.06. The van der Waals surface area contributed by atoms with Gasteiger partial charge in [0, 0.05) is 24.5 Å². The first-order chi connectivity index (χ1) is 9.31. The molecular formula is C16H19FN2. The monoisotopic (exact) mass is 258 g/mol. The van der Waals surface area contributed by atoms with E-state index in [2.05, 4.69) is 17.2 Å². The van der Waals surface area contributed by atoms with Crippen LogP contribution in [0.2, 0.25) is 0 Å². The van der Waals surface area contributed by atoms with Gasteiger partial charge >= 0.3 is 0 Å². The third-order valence-electron chi connectivity index (χ3n) is 3.06. The maximum atomic E-state index is 13.9. The number of pyridine rings is 1. The van der Waals surface area contributed by atoms with E-state index in [1.54, 1.807) is 12.4 Å². The molecule has 1 heterocycles. The first kappa shape index (κ1) is 13.7. The van der Waals surface area contributed by atoms with Crippen LogP contribution < -0.4 is 5.32 Å². The summed E-state index contributed by atoms with van der Waals surface area (Å²) in [7, 11) is 0. The molecule has 0 radical (unpaired) electrons. The predicted octanol–water partition coefficient (Wildman–Crippen LogP) is 3.78. The molecule has 0 fully saturated rings. The Morgan fingerprint density at radius 3 is 2.68 bits per heavy atom. The van der Waals surface area contributed by atoms with E-state index in [1.807, 2.05) is 24.3 Å². The van der Waals surface area contributed by atoms with Gasteiger partial charge in [0.1, 0.15) is 5.82 Å². The van der Waals surface area contributed by atoms with Crippen molar-refractivity contribution in [2.24, 2.45) is 0 Å². The highest BCUT2D eigenvalue weighted by atomic mass is 19.1. The van der Waals surface area contributed by atoms with Crippen molar-refractivity contribution < 1.29 is 4.39 Å². The number of hydrogen-bond donors (Lipinski definition) is 1. The van der Waals surface area contributed by atoms with Gasteiger partial charge in [-0.2, -0.15) is 0 Å². The minimum Gasteiger partial charge on any atom is -0.313 e. The predicted molar refractivity (Wildman–Crippen MR) is 76.2 cm³/mol. The van der Waals surface area contributed by atoms with Crippen molar-refractivity contribution in [3.63, 3.8) is 0 Å². The molecule has 100 valence electrons. The van der Waals surface area contributed by atoms with Gasteiger partial charge in [0.15, 0.2) is 0 Å². The van der Waals surface area contributed by atoms with Gasteiger partial charge < -0.3 is 5.32 Å². The molecule has 0 aliphatic rings. The Balaban J connectivity index is 2.11. The van der Waals surface area contributed by atoms with Gasteiger partial charge in [-0.05, 0) is 48.4 Å². The molecule has 2 rings (SSSR count). The molecule has 0 saturated heterocycles. The van der Waals surface area contributed by atoms with Crippen LogP contribution in [0.25, 0.3) is 11.1 Å². The van der Waals surface area contributed by atoms with Crippen molar-refractivity contribution in [3.05, 3.63) is 54.1 Å². The van der Waals surface area contributed by atoms with Gasteiger partial charge in [-0.1, -0.05) is 19.4 Å². The van der Waals surface area contributed by atoms with E-state index in [0.717, 1.165) is 24.2 Å². The lowest BCUT2D eigenvalue weighted by atomic mass is 10.0. The molecule has 3 heteroatoms. The summed E-state index contributed by atoms with van der Waals surface area (Å²) in [5.74, 6) is -0.191. The molecule has 0 saturated carbocycles. The van der Waals surface area contributed by atoms with Gasteiger partial charge in [-0.25, -0.2) is 4.39 Å². The second kappa shape index (κ2) is 7.00. The Hall–Kier alpha value is -1.74. The number of rotatable bonds is 6. The summed E-state index contributed by atoms with van der Waals surface area (Å²) in [5, 5.41) is 3.37. The zero-order valence-electron chi connectivity index (χ0n) is 11.2. The number of hydrogen-bond acceptors (Lipinski definition) is 2. The molecule has 0 unspecified atom stereocenters. The average Bonchev–Trinajstić information content (AvgIpc) is 2.46. The fourth-order valence-corrected chi connectivity index (χ4v) is 1.97. The van der Waals surface area contributed by atoms with E-state index < -0.39 is 0 Å². The minimum atomic E-state index is -0.191. The normalized spacial score (nSPS) is 10.6. The second-order valence-electron chi connectivity index (χ2n) is 4.58. The van der Waals surface area contributed by atoms with E-state index in [4.69, 9.17) is 0 Å². The van der Waals surface area contributed by atoms with Crippen molar-refractivity contribution in [3.8, 4) is 11.1 Å². The molecule has 0 aliphatic heterocycles. The fraction of sp³-hybridized carbons (Fsp3) is 0.312. The van der Waals surface area contributed by atoms with E-state index in [0.29, 0.717) is 5.56 Å². The molecule has 0 aliphatic carbocycles. The van der Waals surface area contributed by atoms with E-state index >= 15 is 0 Å². The summed E-state index contributed by atoms with van der Waals surface area (Å²) in [4.78, 5) is 3.96. The number of benzene rings is 1. The van der Waals surface area contributed by atoms with Crippen LogP contribution in [0, 0.1) is 5.82 Å². The summed E-state index contributed by atoms with van der Waals surface area (Å²) < 4.78 is 13.9. The summed E-state index contributed by atoms with van der Waals surface area (Å²) in [6.07, 6.45) is 5.71. The van der Waals surface area contributed by atoms with E-state index in [1.165, 1.54) is 18.9 Å². The van der Waals surface area contributed by atoms with Crippen molar-refractivity contribution in [2.45, 2.75) is 26.3 Å². The van der Waals surface area contributed by atoms with Gasteiger partial charge in [0.25, 0.3) is 0 Å². The topological polar surface area (TPSA) is 24.9 Å². The van der Waals surface area contributed by atoms with E-state index in [-0.39, 0.29) is 5.82 Å². The lowest BCUT2D eigenvalue weighted by Crippen LogP contribution is -2.14. The summed E-state index contributed by atoms with van der Waals surface area (Å²) >= 11 is 0. The first-order valence-corrected chi connectivity index (χ1v) is 6.71. The van der Waals surface area contributed by atoms with Crippen LogP contribution in [-0.2, 0) is 6.54 Å². The molecule has 0 amide bonds. The fourth-order valence-electron chi connectivity index (χ4n) is 1.97. The van der Waals surface area contributed by atoms with Crippen LogP contribution in [-0.4, -0.2) is 11.5 Å². The molecule has 1 aromatic carbocycles. The van der Waals surface area contributed by atoms with Crippen LogP contribution in [0.15, 0.2) is 42.7 Å². The third kappa shape index (κ3) is 3.86. The Morgan fingerprint density at radius 1 is 1.16 bits per heavy atom. The van der Waals surface area contributed by atoms with Gasteiger partial charge in [-0.15, -0.1) is 0 Å². The highest BCUT2D eigenvalue weighted by Gasteiger charge is 2.05.